The highest BCUT2D eigenvalue weighted by Crippen LogP contribution is 2.18. The maximum absolute atomic E-state index is 11.6. The molecule has 0 bridgehead atoms. The number of piperidine rings is 1. The summed E-state index contributed by atoms with van der Waals surface area (Å²) in [5, 5.41) is 3.77. The molecule has 0 spiro atoms. The first-order valence-electron chi connectivity index (χ1n) is 5.94. The lowest BCUT2D eigenvalue weighted by Crippen LogP contribution is -2.39. The Balaban J connectivity index is 1.86. The van der Waals surface area contributed by atoms with Gasteiger partial charge in [-0.2, -0.15) is 4.98 Å². The number of aromatic nitrogens is 2. The highest BCUT2D eigenvalue weighted by molar-refractivity contribution is 5.72. The molecule has 1 aromatic heterocycles. The van der Waals surface area contributed by atoms with Crippen molar-refractivity contribution >= 4 is 5.97 Å². The van der Waals surface area contributed by atoms with E-state index in [1.54, 1.807) is 0 Å². The summed E-state index contributed by atoms with van der Waals surface area (Å²) in [6.45, 7) is 4.59. The highest BCUT2D eigenvalue weighted by atomic mass is 16.5. The number of carbonyl (C=O) groups excluding carboxylic acids is 1. The second-order valence-corrected chi connectivity index (χ2v) is 4.17. The Hall–Kier alpha value is -1.43. The standard InChI is InChI=1S/C11H17N3O3/c1-2-16-11(15)9-4-3-5-14(6-9)7-10-12-8-17-13-10/h8-9H,2-7H2,1H3/t9-/m1/s1. The number of carbonyl (C=O) groups is 1. The van der Waals surface area contributed by atoms with Crippen LogP contribution in [0.4, 0.5) is 0 Å². The number of hydrogen-bond donors (Lipinski definition) is 0. The van der Waals surface area contributed by atoms with E-state index >= 15 is 0 Å². The molecule has 0 unspecified atom stereocenters. The second-order valence-electron chi connectivity index (χ2n) is 4.17. The molecule has 17 heavy (non-hydrogen) atoms. The minimum absolute atomic E-state index is 0.0180. The van der Waals surface area contributed by atoms with E-state index in [1.807, 2.05) is 6.92 Å². The zero-order chi connectivity index (χ0) is 12.1. The van der Waals surface area contributed by atoms with E-state index in [1.165, 1.54) is 6.39 Å². The lowest BCUT2D eigenvalue weighted by molar-refractivity contribution is -0.150. The van der Waals surface area contributed by atoms with Crippen molar-refractivity contribution in [2.45, 2.75) is 26.3 Å². The van der Waals surface area contributed by atoms with Crippen molar-refractivity contribution < 1.29 is 14.1 Å². The molecular weight excluding hydrogens is 222 g/mol. The Labute approximate surface area is 99.9 Å². The normalized spacial score (nSPS) is 21.4. The number of hydrogen-bond acceptors (Lipinski definition) is 6. The zero-order valence-corrected chi connectivity index (χ0v) is 9.96. The zero-order valence-electron chi connectivity index (χ0n) is 9.96. The van der Waals surface area contributed by atoms with Crippen molar-refractivity contribution in [3.8, 4) is 0 Å². The molecule has 1 aliphatic rings. The molecule has 1 fully saturated rings. The molecule has 0 aromatic carbocycles. The minimum Gasteiger partial charge on any atom is -0.466 e. The summed E-state index contributed by atoms with van der Waals surface area (Å²) in [7, 11) is 0. The molecule has 0 amide bonds. The molecule has 0 saturated carbocycles. The van der Waals surface area contributed by atoms with Crippen LogP contribution in [0.2, 0.25) is 0 Å². The van der Waals surface area contributed by atoms with Crippen LogP contribution in [-0.2, 0) is 16.1 Å². The average Bonchev–Trinajstić information content (AvgIpc) is 2.82. The summed E-state index contributed by atoms with van der Waals surface area (Å²) >= 11 is 0. The second kappa shape index (κ2) is 5.77. The van der Waals surface area contributed by atoms with E-state index in [-0.39, 0.29) is 11.9 Å². The molecule has 0 radical (unpaired) electrons. The third-order valence-corrected chi connectivity index (χ3v) is 2.90. The molecule has 0 N–H and O–H groups in total. The van der Waals surface area contributed by atoms with Crippen LogP contribution in [0, 0.1) is 5.92 Å². The van der Waals surface area contributed by atoms with Crippen LogP contribution in [0.3, 0.4) is 0 Å². The molecule has 1 aliphatic heterocycles. The van der Waals surface area contributed by atoms with Crippen molar-refractivity contribution in [3.05, 3.63) is 12.2 Å². The van der Waals surface area contributed by atoms with Gasteiger partial charge in [0.2, 0.25) is 6.39 Å². The first-order chi connectivity index (χ1) is 8.29. The molecule has 1 aromatic rings. The monoisotopic (exact) mass is 239 g/mol. The van der Waals surface area contributed by atoms with Crippen LogP contribution >= 0.6 is 0 Å². The maximum Gasteiger partial charge on any atom is 0.310 e. The van der Waals surface area contributed by atoms with E-state index < -0.39 is 0 Å². The van der Waals surface area contributed by atoms with Crippen LogP contribution in [0.5, 0.6) is 0 Å². The number of nitrogens with zero attached hydrogens (tertiary/aromatic N) is 3. The smallest absolute Gasteiger partial charge is 0.310 e. The van der Waals surface area contributed by atoms with E-state index in [9.17, 15) is 4.79 Å². The van der Waals surface area contributed by atoms with Gasteiger partial charge < -0.3 is 9.26 Å². The van der Waals surface area contributed by atoms with Gasteiger partial charge in [-0.25, -0.2) is 0 Å². The van der Waals surface area contributed by atoms with Crippen molar-refractivity contribution in [1.29, 1.82) is 0 Å². The summed E-state index contributed by atoms with van der Waals surface area (Å²) in [6.07, 6.45) is 3.23. The Morgan fingerprint density at radius 2 is 2.59 bits per heavy atom. The summed E-state index contributed by atoms with van der Waals surface area (Å²) in [5.74, 6) is 0.551. The fourth-order valence-electron chi connectivity index (χ4n) is 2.11. The van der Waals surface area contributed by atoms with Gasteiger partial charge in [0.1, 0.15) is 0 Å². The molecular formula is C11H17N3O3. The molecule has 0 aliphatic carbocycles. The molecule has 6 heteroatoms. The van der Waals surface area contributed by atoms with Crippen molar-refractivity contribution in [2.75, 3.05) is 19.7 Å². The predicted molar refractivity (Wildman–Crippen MR) is 58.9 cm³/mol. The number of esters is 1. The largest absolute Gasteiger partial charge is 0.466 e. The van der Waals surface area contributed by atoms with E-state index in [2.05, 4.69) is 19.6 Å². The lowest BCUT2D eigenvalue weighted by Gasteiger charge is -2.30. The Morgan fingerprint density at radius 3 is 3.29 bits per heavy atom. The van der Waals surface area contributed by atoms with E-state index in [0.717, 1.165) is 19.4 Å². The van der Waals surface area contributed by atoms with Gasteiger partial charge in [0.25, 0.3) is 0 Å². The third kappa shape index (κ3) is 3.26. The van der Waals surface area contributed by atoms with Gasteiger partial charge in [-0.05, 0) is 26.3 Å². The van der Waals surface area contributed by atoms with E-state index in [0.29, 0.717) is 25.5 Å². The SMILES string of the molecule is CCOC(=O)[C@@H]1CCCN(Cc2ncon2)C1. The van der Waals surface area contributed by atoms with Gasteiger partial charge in [0, 0.05) is 6.54 Å². The first kappa shape index (κ1) is 12.0. The quantitative estimate of drug-likeness (QED) is 0.725. The summed E-state index contributed by atoms with van der Waals surface area (Å²) in [4.78, 5) is 17.8. The Kier molecular flexibility index (Phi) is 4.08. The lowest BCUT2D eigenvalue weighted by atomic mass is 9.98. The fourth-order valence-corrected chi connectivity index (χ4v) is 2.11. The number of rotatable bonds is 4. The summed E-state index contributed by atoms with van der Waals surface area (Å²) in [5.41, 5.74) is 0. The van der Waals surface area contributed by atoms with Gasteiger partial charge in [-0.3, -0.25) is 9.69 Å². The van der Waals surface area contributed by atoms with Gasteiger partial charge in [-0.1, -0.05) is 5.16 Å². The molecule has 2 heterocycles. The van der Waals surface area contributed by atoms with Crippen molar-refractivity contribution in [1.82, 2.24) is 15.0 Å². The Bertz CT molecular complexity index is 353. The third-order valence-electron chi connectivity index (χ3n) is 2.90. The van der Waals surface area contributed by atoms with Crippen LogP contribution in [0.15, 0.2) is 10.9 Å². The number of likely N-dealkylation sites (tertiary alicyclic amines) is 1. The predicted octanol–water partition coefficient (Wildman–Crippen LogP) is 0.845. The summed E-state index contributed by atoms with van der Waals surface area (Å²) < 4.78 is 9.74. The average molecular weight is 239 g/mol. The molecule has 6 nitrogen and oxygen atoms in total. The van der Waals surface area contributed by atoms with Crippen LogP contribution in [0.1, 0.15) is 25.6 Å². The van der Waals surface area contributed by atoms with Gasteiger partial charge in [0.05, 0.1) is 19.1 Å². The highest BCUT2D eigenvalue weighted by Gasteiger charge is 2.27. The van der Waals surface area contributed by atoms with Crippen LogP contribution < -0.4 is 0 Å². The number of ether oxygens (including phenoxy) is 1. The van der Waals surface area contributed by atoms with Crippen molar-refractivity contribution in [2.24, 2.45) is 5.92 Å². The topological polar surface area (TPSA) is 68.5 Å². The molecule has 2 rings (SSSR count). The van der Waals surface area contributed by atoms with Gasteiger partial charge in [-0.15, -0.1) is 0 Å². The molecule has 1 saturated heterocycles. The van der Waals surface area contributed by atoms with E-state index in [4.69, 9.17) is 4.74 Å². The Morgan fingerprint density at radius 1 is 1.71 bits per heavy atom. The first-order valence-corrected chi connectivity index (χ1v) is 5.94. The fraction of sp³-hybridized carbons (Fsp3) is 0.727. The minimum atomic E-state index is -0.0923. The summed E-state index contributed by atoms with van der Waals surface area (Å²) in [6, 6.07) is 0. The molecule has 94 valence electrons. The maximum atomic E-state index is 11.6. The van der Waals surface area contributed by atoms with Crippen LogP contribution in [-0.4, -0.2) is 40.7 Å². The van der Waals surface area contributed by atoms with Crippen LogP contribution in [0.25, 0.3) is 0 Å². The van der Waals surface area contributed by atoms with Gasteiger partial charge >= 0.3 is 5.97 Å². The van der Waals surface area contributed by atoms with Gasteiger partial charge in [0.15, 0.2) is 5.82 Å². The van der Waals surface area contributed by atoms with Crippen molar-refractivity contribution in [3.63, 3.8) is 0 Å². The molecule has 1 atom stereocenters.